The van der Waals surface area contributed by atoms with E-state index >= 15 is 0 Å². The summed E-state index contributed by atoms with van der Waals surface area (Å²) in [5.74, 6) is 0.907. The lowest BCUT2D eigenvalue weighted by molar-refractivity contribution is -0.0494. The lowest BCUT2D eigenvalue weighted by Crippen LogP contribution is -2.51. The van der Waals surface area contributed by atoms with Gasteiger partial charge in [0, 0.05) is 39.2 Å². The van der Waals surface area contributed by atoms with Gasteiger partial charge in [0.25, 0.3) is 0 Å². The minimum absolute atomic E-state index is 0.00534. The van der Waals surface area contributed by atoms with Crippen molar-refractivity contribution in [3.63, 3.8) is 0 Å². The highest BCUT2D eigenvalue weighted by atomic mass is 16.5. The molecule has 2 fully saturated rings. The quantitative estimate of drug-likeness (QED) is 0.875. The van der Waals surface area contributed by atoms with Crippen LogP contribution >= 0.6 is 0 Å². The lowest BCUT2D eigenvalue weighted by atomic mass is 9.89. The summed E-state index contributed by atoms with van der Waals surface area (Å²) >= 11 is 0. The van der Waals surface area contributed by atoms with Crippen LogP contribution in [0.5, 0.6) is 0 Å². The third-order valence-electron chi connectivity index (χ3n) is 5.15. The van der Waals surface area contributed by atoms with Crippen LogP contribution in [0.1, 0.15) is 11.5 Å². The number of morpholine rings is 1. The Morgan fingerprint density at radius 2 is 2.08 bits per heavy atom. The summed E-state index contributed by atoms with van der Waals surface area (Å²) in [6, 6.07) is 10.6. The first-order valence-corrected chi connectivity index (χ1v) is 9.04. The topological polar surface area (TPSA) is 54.0 Å². The SMILES string of the molecule is COCC1CN(C(=O)NC[C@@H]2CN(C)C[C@H]2c2ccccc2)CCO1. The van der Waals surface area contributed by atoms with E-state index < -0.39 is 0 Å². The van der Waals surface area contributed by atoms with E-state index in [1.807, 2.05) is 11.0 Å². The third-order valence-corrected chi connectivity index (χ3v) is 5.15. The minimum Gasteiger partial charge on any atom is -0.382 e. The maximum absolute atomic E-state index is 12.5. The van der Waals surface area contributed by atoms with Crippen molar-refractivity contribution in [1.29, 1.82) is 0 Å². The van der Waals surface area contributed by atoms with E-state index in [0.717, 1.165) is 13.1 Å². The molecule has 2 aliphatic rings. The molecule has 2 amide bonds. The Morgan fingerprint density at radius 3 is 2.84 bits per heavy atom. The van der Waals surface area contributed by atoms with Crippen molar-refractivity contribution in [3.05, 3.63) is 35.9 Å². The summed E-state index contributed by atoms with van der Waals surface area (Å²) < 4.78 is 10.7. The molecule has 25 heavy (non-hydrogen) atoms. The van der Waals surface area contributed by atoms with E-state index in [1.165, 1.54) is 5.56 Å². The number of methoxy groups -OCH3 is 1. The molecule has 2 heterocycles. The second-order valence-corrected chi connectivity index (χ2v) is 7.08. The number of urea groups is 1. The predicted molar refractivity (Wildman–Crippen MR) is 96.8 cm³/mol. The summed E-state index contributed by atoms with van der Waals surface area (Å²) in [5, 5.41) is 3.14. The van der Waals surface area contributed by atoms with Gasteiger partial charge in [0.15, 0.2) is 0 Å². The average molecular weight is 347 g/mol. The molecule has 1 aromatic carbocycles. The lowest BCUT2D eigenvalue weighted by Gasteiger charge is -2.33. The maximum Gasteiger partial charge on any atom is 0.317 e. The van der Waals surface area contributed by atoms with Gasteiger partial charge in [-0.3, -0.25) is 0 Å². The summed E-state index contributed by atoms with van der Waals surface area (Å²) in [7, 11) is 3.80. The molecule has 6 heteroatoms. The highest BCUT2D eigenvalue weighted by molar-refractivity contribution is 5.74. The van der Waals surface area contributed by atoms with Gasteiger partial charge in [-0.1, -0.05) is 30.3 Å². The molecule has 2 aliphatic heterocycles. The molecule has 1 aromatic rings. The van der Waals surface area contributed by atoms with Crippen molar-refractivity contribution in [1.82, 2.24) is 15.1 Å². The van der Waals surface area contributed by atoms with Crippen molar-refractivity contribution in [3.8, 4) is 0 Å². The molecule has 138 valence electrons. The molecule has 0 radical (unpaired) electrons. The number of nitrogens with zero attached hydrogens (tertiary/aromatic N) is 2. The average Bonchev–Trinajstić information content (AvgIpc) is 3.02. The number of likely N-dealkylation sites (tertiary alicyclic amines) is 1. The van der Waals surface area contributed by atoms with Crippen molar-refractivity contribution in [2.75, 3.05) is 60.1 Å². The first kappa shape index (κ1) is 18.2. The van der Waals surface area contributed by atoms with E-state index in [0.29, 0.717) is 44.7 Å². The molecule has 6 nitrogen and oxygen atoms in total. The summed E-state index contributed by atoms with van der Waals surface area (Å²) in [6.45, 7) is 5.07. The fourth-order valence-corrected chi connectivity index (χ4v) is 3.89. The monoisotopic (exact) mass is 347 g/mol. The van der Waals surface area contributed by atoms with E-state index in [2.05, 4.69) is 41.5 Å². The normalized spacial score (nSPS) is 27.4. The molecule has 3 atom stereocenters. The van der Waals surface area contributed by atoms with E-state index in [1.54, 1.807) is 7.11 Å². The van der Waals surface area contributed by atoms with Gasteiger partial charge < -0.3 is 24.6 Å². The Bertz CT molecular complexity index is 552. The molecule has 1 unspecified atom stereocenters. The fraction of sp³-hybridized carbons (Fsp3) is 0.632. The number of hydrogen-bond donors (Lipinski definition) is 1. The van der Waals surface area contributed by atoms with Crippen molar-refractivity contribution in [2.45, 2.75) is 12.0 Å². The highest BCUT2D eigenvalue weighted by Crippen LogP contribution is 2.31. The number of likely N-dealkylation sites (N-methyl/N-ethyl adjacent to an activating group) is 1. The first-order chi connectivity index (χ1) is 12.2. The summed E-state index contributed by atoms with van der Waals surface area (Å²) in [5.41, 5.74) is 1.36. The van der Waals surface area contributed by atoms with Gasteiger partial charge in [-0.25, -0.2) is 4.79 Å². The zero-order valence-corrected chi connectivity index (χ0v) is 15.2. The number of rotatable bonds is 5. The number of hydrogen-bond acceptors (Lipinski definition) is 4. The smallest absolute Gasteiger partial charge is 0.317 e. The molecular formula is C19H29N3O3. The van der Waals surface area contributed by atoms with Crippen LogP contribution in [-0.2, 0) is 9.47 Å². The predicted octanol–water partition coefficient (Wildman–Crippen LogP) is 1.39. The van der Waals surface area contributed by atoms with Crippen molar-refractivity contribution < 1.29 is 14.3 Å². The van der Waals surface area contributed by atoms with Crippen LogP contribution < -0.4 is 5.32 Å². The maximum atomic E-state index is 12.5. The van der Waals surface area contributed by atoms with Crippen LogP contribution in [0.15, 0.2) is 30.3 Å². The molecule has 3 rings (SSSR count). The van der Waals surface area contributed by atoms with Crippen LogP contribution in [0.2, 0.25) is 0 Å². The van der Waals surface area contributed by atoms with Gasteiger partial charge in [0.1, 0.15) is 0 Å². The molecule has 0 bridgehead atoms. The van der Waals surface area contributed by atoms with Crippen molar-refractivity contribution >= 4 is 6.03 Å². The van der Waals surface area contributed by atoms with Gasteiger partial charge in [0.05, 0.1) is 25.9 Å². The van der Waals surface area contributed by atoms with E-state index in [-0.39, 0.29) is 12.1 Å². The zero-order valence-electron chi connectivity index (χ0n) is 15.2. The molecular weight excluding hydrogens is 318 g/mol. The Balaban J connectivity index is 1.54. The molecule has 0 aromatic heterocycles. The number of carbonyl (C=O) groups is 1. The molecule has 1 N–H and O–H groups in total. The van der Waals surface area contributed by atoms with Crippen LogP contribution in [0.25, 0.3) is 0 Å². The Labute approximate surface area is 150 Å². The number of benzene rings is 1. The molecule has 0 saturated carbocycles. The molecule has 0 aliphatic carbocycles. The van der Waals surface area contributed by atoms with Gasteiger partial charge in [-0.2, -0.15) is 0 Å². The Kier molecular flexibility index (Phi) is 6.29. The number of amides is 2. The van der Waals surface area contributed by atoms with E-state index in [9.17, 15) is 4.79 Å². The fourth-order valence-electron chi connectivity index (χ4n) is 3.89. The Morgan fingerprint density at radius 1 is 1.28 bits per heavy atom. The standard InChI is InChI=1S/C19H29N3O3/c1-21-11-16(18(13-21)15-6-4-3-5-7-15)10-20-19(23)22-8-9-25-17(12-22)14-24-2/h3-7,16-18H,8-14H2,1-2H3,(H,20,23)/t16-,17?,18+/m1/s1. The van der Waals surface area contributed by atoms with Gasteiger partial charge >= 0.3 is 6.03 Å². The highest BCUT2D eigenvalue weighted by Gasteiger charge is 2.32. The number of nitrogens with one attached hydrogen (secondary N) is 1. The van der Waals surface area contributed by atoms with Crippen LogP contribution in [0.4, 0.5) is 4.79 Å². The second-order valence-electron chi connectivity index (χ2n) is 7.08. The van der Waals surface area contributed by atoms with Crippen molar-refractivity contribution in [2.24, 2.45) is 5.92 Å². The zero-order chi connectivity index (χ0) is 17.6. The van der Waals surface area contributed by atoms with Crippen LogP contribution in [0, 0.1) is 5.92 Å². The number of carbonyl (C=O) groups excluding carboxylic acids is 1. The summed E-state index contributed by atoms with van der Waals surface area (Å²) in [6.07, 6.45) is -0.0285. The van der Waals surface area contributed by atoms with Gasteiger partial charge in [-0.15, -0.1) is 0 Å². The van der Waals surface area contributed by atoms with Crippen LogP contribution in [0.3, 0.4) is 0 Å². The molecule has 0 spiro atoms. The third kappa shape index (κ3) is 4.71. The number of ether oxygens (including phenoxy) is 2. The minimum atomic E-state index is -0.0285. The van der Waals surface area contributed by atoms with E-state index in [4.69, 9.17) is 9.47 Å². The summed E-state index contributed by atoms with van der Waals surface area (Å²) in [4.78, 5) is 16.7. The Hall–Kier alpha value is -1.63. The van der Waals surface area contributed by atoms with Gasteiger partial charge in [-0.05, 0) is 18.5 Å². The molecule has 2 saturated heterocycles. The second kappa shape index (κ2) is 8.65. The largest absolute Gasteiger partial charge is 0.382 e. The van der Waals surface area contributed by atoms with Crippen LogP contribution in [-0.4, -0.2) is 82.0 Å². The van der Waals surface area contributed by atoms with Gasteiger partial charge in [0.2, 0.25) is 0 Å². The first-order valence-electron chi connectivity index (χ1n) is 9.04.